The number of carbonyl (C=O) groups excluding carboxylic acids is 1. The zero-order valence-electron chi connectivity index (χ0n) is 13.9. The number of carbonyl (C=O) groups is 1. The van der Waals surface area contributed by atoms with Crippen molar-refractivity contribution in [3.05, 3.63) is 54.1 Å². The van der Waals surface area contributed by atoms with E-state index in [1.165, 1.54) is 31.4 Å². The number of ether oxygens (including phenoxy) is 3. The Balaban J connectivity index is 1.87. The summed E-state index contributed by atoms with van der Waals surface area (Å²) < 4.78 is 41.6. The van der Waals surface area contributed by atoms with Crippen molar-refractivity contribution in [3.63, 3.8) is 0 Å². The number of hydrogen-bond donors (Lipinski definition) is 1. The highest BCUT2D eigenvalue weighted by Gasteiger charge is 2.12. The van der Waals surface area contributed by atoms with Crippen molar-refractivity contribution >= 4 is 21.7 Å². The Hall–Kier alpha value is -2.74. The third-order valence-electron chi connectivity index (χ3n) is 3.26. The van der Waals surface area contributed by atoms with Crippen LogP contribution in [0.25, 0.3) is 0 Å². The van der Waals surface area contributed by atoms with E-state index >= 15 is 0 Å². The van der Waals surface area contributed by atoms with E-state index < -0.39 is 16.0 Å². The Morgan fingerprint density at radius 3 is 2.12 bits per heavy atom. The van der Waals surface area contributed by atoms with Crippen molar-refractivity contribution in [2.75, 3.05) is 31.3 Å². The van der Waals surface area contributed by atoms with Crippen LogP contribution in [-0.2, 0) is 14.8 Å². The van der Waals surface area contributed by atoms with Crippen LogP contribution >= 0.6 is 0 Å². The predicted molar refractivity (Wildman–Crippen MR) is 93.7 cm³/mol. The Kier molecular flexibility index (Phi) is 6.24. The first kappa shape index (κ1) is 18.6. The molecule has 8 heteroatoms. The van der Waals surface area contributed by atoms with Crippen LogP contribution < -0.4 is 14.2 Å². The van der Waals surface area contributed by atoms with E-state index in [1.54, 1.807) is 31.4 Å². The molecule has 0 aliphatic heterocycles. The first-order valence-corrected chi connectivity index (χ1v) is 9.04. The molecule has 2 rings (SSSR count). The van der Waals surface area contributed by atoms with Crippen LogP contribution in [0.2, 0.25) is 0 Å². The maximum Gasteiger partial charge on any atom is 0.337 e. The van der Waals surface area contributed by atoms with Crippen molar-refractivity contribution in [3.8, 4) is 11.5 Å². The lowest BCUT2D eigenvalue weighted by molar-refractivity contribution is 0.0601. The van der Waals surface area contributed by atoms with Gasteiger partial charge in [-0.05, 0) is 48.5 Å². The van der Waals surface area contributed by atoms with E-state index in [-0.39, 0.29) is 12.4 Å². The minimum absolute atomic E-state index is 0.00189. The summed E-state index contributed by atoms with van der Waals surface area (Å²) in [6.07, 6.45) is 0. The average molecular weight is 365 g/mol. The lowest BCUT2D eigenvalue weighted by Gasteiger charge is -2.10. The fourth-order valence-corrected chi connectivity index (χ4v) is 2.86. The fraction of sp³-hybridized carbons (Fsp3) is 0.235. The lowest BCUT2D eigenvalue weighted by atomic mass is 10.2. The van der Waals surface area contributed by atoms with E-state index in [4.69, 9.17) is 9.47 Å². The van der Waals surface area contributed by atoms with Gasteiger partial charge in [-0.2, -0.15) is 0 Å². The van der Waals surface area contributed by atoms with Crippen molar-refractivity contribution in [1.29, 1.82) is 0 Å². The van der Waals surface area contributed by atoms with Gasteiger partial charge in [-0.15, -0.1) is 0 Å². The molecule has 0 saturated heterocycles. The highest BCUT2D eigenvalue weighted by Crippen LogP contribution is 2.17. The third kappa shape index (κ3) is 5.68. The summed E-state index contributed by atoms with van der Waals surface area (Å²) in [5, 5.41) is 0. The molecule has 0 amide bonds. The topological polar surface area (TPSA) is 90.9 Å². The standard InChI is InChI=1S/C17H19NO6S/c1-22-15-7-9-16(10-8-15)24-11-12-25(20,21)18-14-5-3-13(4-6-14)17(19)23-2/h3-10,18H,11-12H2,1-2H3. The van der Waals surface area contributed by atoms with Crippen molar-refractivity contribution in [2.24, 2.45) is 0 Å². The van der Waals surface area contributed by atoms with Gasteiger partial charge in [0.05, 0.1) is 19.8 Å². The van der Waals surface area contributed by atoms with Crippen LogP contribution in [0.3, 0.4) is 0 Å². The summed E-state index contributed by atoms with van der Waals surface area (Å²) in [4.78, 5) is 11.3. The molecule has 0 unspecified atom stereocenters. The van der Waals surface area contributed by atoms with E-state index in [1.807, 2.05) is 0 Å². The quantitative estimate of drug-likeness (QED) is 0.722. The number of benzene rings is 2. The minimum atomic E-state index is -3.57. The molecule has 0 aromatic heterocycles. The molecule has 7 nitrogen and oxygen atoms in total. The molecule has 2 aromatic rings. The average Bonchev–Trinajstić information content (AvgIpc) is 2.62. The Bertz CT molecular complexity index is 800. The summed E-state index contributed by atoms with van der Waals surface area (Å²) in [7, 11) is -0.731. The van der Waals surface area contributed by atoms with E-state index in [0.29, 0.717) is 22.7 Å². The molecular weight excluding hydrogens is 346 g/mol. The van der Waals surface area contributed by atoms with Gasteiger partial charge in [0.2, 0.25) is 10.0 Å². The summed E-state index contributed by atoms with van der Waals surface area (Å²) >= 11 is 0. The van der Waals surface area contributed by atoms with Crippen LogP contribution in [0.1, 0.15) is 10.4 Å². The van der Waals surface area contributed by atoms with E-state index in [0.717, 1.165) is 0 Å². The number of rotatable bonds is 8. The second kappa shape index (κ2) is 8.39. The molecule has 0 radical (unpaired) electrons. The summed E-state index contributed by atoms with van der Waals surface area (Å²) in [6, 6.07) is 12.8. The molecule has 25 heavy (non-hydrogen) atoms. The van der Waals surface area contributed by atoms with Crippen LogP contribution in [0.5, 0.6) is 11.5 Å². The predicted octanol–water partition coefficient (Wildman–Crippen LogP) is 2.30. The van der Waals surface area contributed by atoms with Gasteiger partial charge in [0.1, 0.15) is 23.9 Å². The Morgan fingerprint density at radius 2 is 1.56 bits per heavy atom. The van der Waals surface area contributed by atoms with Crippen molar-refractivity contribution < 1.29 is 27.4 Å². The molecule has 0 aliphatic carbocycles. The summed E-state index contributed by atoms with van der Waals surface area (Å²) in [6.45, 7) is 0.00189. The van der Waals surface area contributed by atoms with Crippen molar-refractivity contribution in [1.82, 2.24) is 0 Å². The third-order valence-corrected chi connectivity index (χ3v) is 4.51. The van der Waals surface area contributed by atoms with Gasteiger partial charge in [-0.3, -0.25) is 4.72 Å². The molecule has 0 spiro atoms. The molecule has 1 N–H and O–H groups in total. The first-order valence-electron chi connectivity index (χ1n) is 7.39. The maximum absolute atomic E-state index is 12.1. The largest absolute Gasteiger partial charge is 0.497 e. The smallest absolute Gasteiger partial charge is 0.337 e. The normalized spacial score (nSPS) is 10.8. The number of nitrogens with one attached hydrogen (secondary N) is 1. The molecule has 0 bridgehead atoms. The highest BCUT2D eigenvalue weighted by molar-refractivity contribution is 7.92. The molecule has 0 saturated carbocycles. The number of esters is 1. The molecular formula is C17H19NO6S. The van der Waals surface area contributed by atoms with Gasteiger partial charge in [0.15, 0.2) is 0 Å². The molecule has 0 aliphatic rings. The van der Waals surface area contributed by atoms with Crippen LogP contribution in [0.15, 0.2) is 48.5 Å². The molecule has 2 aromatic carbocycles. The Labute approximate surface area is 146 Å². The van der Waals surface area contributed by atoms with Gasteiger partial charge in [0.25, 0.3) is 0 Å². The minimum Gasteiger partial charge on any atom is -0.497 e. The maximum atomic E-state index is 12.1. The zero-order valence-corrected chi connectivity index (χ0v) is 14.7. The number of anilines is 1. The van der Waals surface area contributed by atoms with E-state index in [2.05, 4.69) is 9.46 Å². The molecule has 0 fully saturated rings. The molecule has 0 heterocycles. The lowest BCUT2D eigenvalue weighted by Crippen LogP contribution is -2.21. The van der Waals surface area contributed by atoms with Crippen molar-refractivity contribution in [2.45, 2.75) is 0 Å². The van der Waals surface area contributed by atoms with Crippen LogP contribution in [0.4, 0.5) is 5.69 Å². The monoisotopic (exact) mass is 365 g/mol. The van der Waals surface area contributed by atoms with Gasteiger partial charge in [0, 0.05) is 5.69 Å². The number of sulfonamides is 1. The first-order chi connectivity index (χ1) is 11.9. The van der Waals surface area contributed by atoms with Crippen LogP contribution in [-0.4, -0.2) is 41.0 Å². The summed E-state index contributed by atoms with van der Waals surface area (Å²) in [5.41, 5.74) is 0.699. The van der Waals surface area contributed by atoms with E-state index in [9.17, 15) is 13.2 Å². The molecule has 134 valence electrons. The van der Waals surface area contributed by atoms with Gasteiger partial charge < -0.3 is 14.2 Å². The highest BCUT2D eigenvalue weighted by atomic mass is 32.2. The molecule has 0 atom stereocenters. The van der Waals surface area contributed by atoms with Crippen LogP contribution in [0, 0.1) is 0 Å². The summed E-state index contributed by atoms with van der Waals surface area (Å²) in [5.74, 6) is 0.551. The number of hydrogen-bond acceptors (Lipinski definition) is 6. The number of methoxy groups -OCH3 is 2. The second-order valence-corrected chi connectivity index (χ2v) is 6.86. The van der Waals surface area contributed by atoms with Gasteiger partial charge in [-0.25, -0.2) is 13.2 Å². The Morgan fingerprint density at radius 1 is 0.960 bits per heavy atom. The van der Waals surface area contributed by atoms with Gasteiger partial charge in [-0.1, -0.05) is 0 Å². The fourth-order valence-electron chi connectivity index (χ4n) is 1.96. The van der Waals surface area contributed by atoms with Gasteiger partial charge >= 0.3 is 5.97 Å². The zero-order chi connectivity index (χ0) is 18.3. The second-order valence-electron chi connectivity index (χ2n) is 5.01. The SMILES string of the molecule is COC(=O)c1ccc(NS(=O)(=O)CCOc2ccc(OC)cc2)cc1.